The van der Waals surface area contributed by atoms with Gasteiger partial charge in [-0.1, -0.05) is 23.9 Å². The number of benzene rings is 1. The first-order valence-corrected chi connectivity index (χ1v) is 9.74. The molecule has 3 aromatic rings. The number of para-hydroxylation sites is 2. The summed E-state index contributed by atoms with van der Waals surface area (Å²) < 4.78 is 9.37. The third kappa shape index (κ3) is 3.71. The van der Waals surface area contributed by atoms with Crippen LogP contribution in [0, 0.1) is 13.8 Å². The van der Waals surface area contributed by atoms with Crippen molar-refractivity contribution in [2.75, 3.05) is 19.5 Å². The van der Waals surface area contributed by atoms with Gasteiger partial charge in [-0.25, -0.2) is 4.98 Å². The highest BCUT2D eigenvalue weighted by atomic mass is 32.2. The number of fused-ring (bicyclic) bond motifs is 1. The lowest BCUT2D eigenvalue weighted by Gasteiger charge is -2.09. The Balaban J connectivity index is 1.71. The fraction of sp³-hybridized carbons (Fsp3) is 0.400. The molecule has 0 N–H and O–H groups in total. The Kier molecular flexibility index (Phi) is 5.84. The molecule has 0 saturated heterocycles. The van der Waals surface area contributed by atoms with E-state index in [-0.39, 0.29) is 5.78 Å². The molecule has 0 aliphatic carbocycles. The van der Waals surface area contributed by atoms with Crippen molar-refractivity contribution >= 4 is 28.6 Å². The normalized spacial score (nSPS) is 11.4. The number of rotatable bonds is 8. The molecule has 0 spiro atoms. The van der Waals surface area contributed by atoms with Crippen LogP contribution in [0.15, 0.2) is 35.5 Å². The molecule has 26 heavy (non-hydrogen) atoms. The van der Waals surface area contributed by atoms with E-state index in [0.29, 0.717) is 5.75 Å². The van der Waals surface area contributed by atoms with Crippen LogP contribution in [0.2, 0.25) is 0 Å². The molecule has 138 valence electrons. The van der Waals surface area contributed by atoms with Gasteiger partial charge < -0.3 is 13.9 Å². The van der Waals surface area contributed by atoms with E-state index in [1.54, 1.807) is 7.11 Å². The summed E-state index contributed by atoms with van der Waals surface area (Å²) in [5, 5.41) is 0.869. The smallest absolute Gasteiger partial charge is 0.175 e. The van der Waals surface area contributed by atoms with Gasteiger partial charge in [-0.2, -0.15) is 0 Å². The molecule has 0 fully saturated rings. The number of aromatic nitrogens is 3. The lowest BCUT2D eigenvalue weighted by atomic mass is 10.2. The lowest BCUT2D eigenvalue weighted by Crippen LogP contribution is -2.08. The fourth-order valence-corrected chi connectivity index (χ4v) is 4.13. The standard InChI is InChI=1S/C20H25N3O2S/c1-14-12-16(15(2)23(14)10-7-11-25-4)19(24)13-26-20-21-17-8-5-6-9-18(17)22(20)3/h5-6,8-9,12H,7,10-11,13H2,1-4H3. The first-order valence-electron chi connectivity index (χ1n) is 8.76. The molecule has 0 atom stereocenters. The van der Waals surface area contributed by atoms with Crippen molar-refractivity contribution in [1.82, 2.24) is 14.1 Å². The summed E-state index contributed by atoms with van der Waals surface area (Å²) in [5.41, 5.74) is 5.01. The van der Waals surface area contributed by atoms with E-state index >= 15 is 0 Å². The van der Waals surface area contributed by atoms with Crippen molar-refractivity contribution in [2.45, 2.75) is 32.0 Å². The number of ether oxygens (including phenoxy) is 1. The highest BCUT2D eigenvalue weighted by molar-refractivity contribution is 7.99. The van der Waals surface area contributed by atoms with Crippen molar-refractivity contribution in [3.63, 3.8) is 0 Å². The molecule has 6 heteroatoms. The summed E-state index contributed by atoms with van der Waals surface area (Å²) in [6, 6.07) is 10.0. The van der Waals surface area contributed by atoms with Crippen molar-refractivity contribution in [2.24, 2.45) is 7.05 Å². The summed E-state index contributed by atoms with van der Waals surface area (Å²) in [6.07, 6.45) is 0.940. The zero-order chi connectivity index (χ0) is 18.7. The number of imidazole rings is 1. The van der Waals surface area contributed by atoms with Gasteiger partial charge in [-0.05, 0) is 38.5 Å². The van der Waals surface area contributed by atoms with Crippen LogP contribution >= 0.6 is 11.8 Å². The van der Waals surface area contributed by atoms with Crippen LogP contribution in [-0.4, -0.2) is 39.4 Å². The van der Waals surface area contributed by atoms with Gasteiger partial charge >= 0.3 is 0 Å². The summed E-state index contributed by atoms with van der Waals surface area (Å²) in [6.45, 7) is 5.67. The maximum atomic E-state index is 12.8. The number of thioether (sulfide) groups is 1. The molecule has 0 bridgehead atoms. The minimum absolute atomic E-state index is 0.146. The topological polar surface area (TPSA) is 49.1 Å². The highest BCUT2D eigenvalue weighted by Gasteiger charge is 2.17. The van der Waals surface area contributed by atoms with E-state index in [9.17, 15) is 4.79 Å². The number of hydrogen-bond acceptors (Lipinski definition) is 4. The summed E-state index contributed by atoms with van der Waals surface area (Å²) in [4.78, 5) is 17.4. The van der Waals surface area contributed by atoms with Gasteiger partial charge in [0.15, 0.2) is 10.9 Å². The van der Waals surface area contributed by atoms with Gasteiger partial charge in [-0.3, -0.25) is 4.79 Å². The molecule has 3 rings (SSSR count). The number of carbonyl (C=O) groups excluding carboxylic acids is 1. The third-order valence-electron chi connectivity index (χ3n) is 4.68. The van der Waals surface area contributed by atoms with Crippen LogP contribution < -0.4 is 0 Å². The van der Waals surface area contributed by atoms with Gasteiger partial charge in [0.05, 0.1) is 16.8 Å². The molecule has 0 amide bonds. The predicted octanol–water partition coefficient (Wildman–Crippen LogP) is 4.00. The Morgan fingerprint density at radius 3 is 2.77 bits per heavy atom. The van der Waals surface area contributed by atoms with Gasteiger partial charge in [0, 0.05) is 44.3 Å². The number of aryl methyl sites for hydroxylation is 2. The van der Waals surface area contributed by atoms with E-state index in [1.165, 1.54) is 11.8 Å². The maximum absolute atomic E-state index is 12.8. The Hall–Kier alpha value is -2.05. The summed E-state index contributed by atoms with van der Waals surface area (Å²) in [7, 11) is 3.70. The minimum Gasteiger partial charge on any atom is -0.385 e. The zero-order valence-electron chi connectivity index (χ0n) is 15.8. The number of hydrogen-bond donors (Lipinski definition) is 0. The second-order valence-electron chi connectivity index (χ2n) is 6.44. The minimum atomic E-state index is 0.146. The van der Waals surface area contributed by atoms with Gasteiger partial charge in [0.1, 0.15) is 0 Å². The summed E-state index contributed by atoms with van der Waals surface area (Å²) >= 11 is 1.49. The lowest BCUT2D eigenvalue weighted by molar-refractivity contribution is 0.102. The number of ketones is 1. The summed E-state index contributed by atoms with van der Waals surface area (Å²) in [5.74, 6) is 0.535. The van der Waals surface area contributed by atoms with Crippen molar-refractivity contribution < 1.29 is 9.53 Å². The molecule has 1 aromatic carbocycles. The first kappa shape index (κ1) is 18.7. The van der Waals surface area contributed by atoms with Crippen molar-refractivity contribution in [1.29, 1.82) is 0 Å². The average molecular weight is 372 g/mol. The van der Waals surface area contributed by atoms with E-state index < -0.39 is 0 Å². The Morgan fingerprint density at radius 1 is 1.27 bits per heavy atom. The molecule has 0 radical (unpaired) electrons. The molecule has 0 aliphatic heterocycles. The zero-order valence-corrected chi connectivity index (χ0v) is 16.6. The van der Waals surface area contributed by atoms with Crippen LogP contribution in [-0.2, 0) is 18.3 Å². The largest absolute Gasteiger partial charge is 0.385 e. The molecular formula is C20H25N3O2S. The van der Waals surface area contributed by atoms with Crippen LogP contribution in [0.5, 0.6) is 0 Å². The van der Waals surface area contributed by atoms with Gasteiger partial charge in [0.2, 0.25) is 0 Å². The highest BCUT2D eigenvalue weighted by Crippen LogP contribution is 2.24. The Morgan fingerprint density at radius 2 is 2.04 bits per heavy atom. The van der Waals surface area contributed by atoms with Crippen LogP contribution in [0.3, 0.4) is 0 Å². The average Bonchev–Trinajstić information content (AvgIpc) is 3.11. The first-order chi connectivity index (χ1) is 12.5. The Bertz CT molecular complexity index is 927. The quantitative estimate of drug-likeness (QED) is 0.341. The molecule has 2 aromatic heterocycles. The Labute approximate surface area is 158 Å². The number of Topliss-reactive ketones (excluding diaryl/α,β-unsaturated/α-hetero) is 1. The monoisotopic (exact) mass is 371 g/mol. The number of methoxy groups -OCH3 is 1. The second-order valence-corrected chi connectivity index (χ2v) is 7.38. The SMILES string of the molecule is COCCCn1c(C)cc(C(=O)CSc2nc3ccccc3n2C)c1C. The van der Waals surface area contributed by atoms with Gasteiger partial charge in [-0.15, -0.1) is 0 Å². The molecule has 5 nitrogen and oxygen atoms in total. The third-order valence-corrected chi connectivity index (χ3v) is 5.71. The number of carbonyl (C=O) groups is 1. The van der Waals surface area contributed by atoms with Crippen molar-refractivity contribution in [3.8, 4) is 0 Å². The molecule has 0 saturated carbocycles. The van der Waals surface area contributed by atoms with Gasteiger partial charge in [0.25, 0.3) is 0 Å². The van der Waals surface area contributed by atoms with E-state index in [0.717, 1.165) is 52.7 Å². The van der Waals surface area contributed by atoms with Crippen LogP contribution in [0.25, 0.3) is 11.0 Å². The van der Waals surface area contributed by atoms with E-state index in [1.807, 2.05) is 48.9 Å². The van der Waals surface area contributed by atoms with Crippen LogP contribution in [0.1, 0.15) is 28.2 Å². The molecule has 2 heterocycles. The maximum Gasteiger partial charge on any atom is 0.175 e. The molecule has 0 unspecified atom stereocenters. The fourth-order valence-electron chi connectivity index (χ4n) is 3.25. The van der Waals surface area contributed by atoms with Crippen LogP contribution in [0.4, 0.5) is 0 Å². The second kappa shape index (κ2) is 8.10. The van der Waals surface area contributed by atoms with E-state index in [2.05, 4.69) is 16.5 Å². The molecule has 0 aliphatic rings. The van der Waals surface area contributed by atoms with E-state index in [4.69, 9.17) is 4.74 Å². The predicted molar refractivity (Wildman–Crippen MR) is 106 cm³/mol. The van der Waals surface area contributed by atoms with Crippen molar-refractivity contribution in [3.05, 3.63) is 47.3 Å². The molecular weight excluding hydrogens is 346 g/mol. The number of nitrogens with zero attached hydrogens (tertiary/aromatic N) is 3.